The van der Waals surface area contributed by atoms with Crippen LogP contribution in [0.2, 0.25) is 0 Å². The van der Waals surface area contributed by atoms with Crippen LogP contribution in [0.3, 0.4) is 0 Å². The molecule has 1 atom stereocenters. The van der Waals surface area contributed by atoms with Gasteiger partial charge in [0.15, 0.2) is 16.4 Å². The molecule has 0 radical (unpaired) electrons. The van der Waals surface area contributed by atoms with E-state index in [4.69, 9.17) is 9.15 Å². The van der Waals surface area contributed by atoms with Crippen LogP contribution in [0.25, 0.3) is 0 Å². The second kappa shape index (κ2) is 8.17. The average Bonchev–Trinajstić information content (AvgIpc) is 3.27. The van der Waals surface area contributed by atoms with Crippen molar-refractivity contribution in [2.24, 2.45) is 0 Å². The van der Waals surface area contributed by atoms with Crippen molar-refractivity contribution in [3.8, 4) is 5.75 Å². The first-order chi connectivity index (χ1) is 12.8. The normalized spacial score (nSPS) is 18.6. The predicted octanol–water partition coefficient (Wildman–Crippen LogP) is 3.00. The summed E-state index contributed by atoms with van der Waals surface area (Å²) >= 11 is 0. The third kappa shape index (κ3) is 5.13. The minimum absolute atomic E-state index is 0.0114. The zero-order valence-electron chi connectivity index (χ0n) is 15.6. The molecule has 146 valence electrons. The molecular weight excluding hydrogens is 366 g/mol. The summed E-state index contributed by atoms with van der Waals surface area (Å²) in [5.74, 6) is 1.51. The van der Waals surface area contributed by atoms with E-state index in [9.17, 15) is 13.2 Å². The van der Waals surface area contributed by atoms with Crippen molar-refractivity contribution in [1.82, 2.24) is 4.90 Å². The number of carbonyl (C=O) groups is 1. The van der Waals surface area contributed by atoms with Crippen LogP contribution in [0, 0.1) is 0 Å². The lowest BCUT2D eigenvalue weighted by molar-refractivity contribution is -0.136. The Morgan fingerprint density at radius 2 is 2.00 bits per heavy atom. The number of amides is 1. The highest BCUT2D eigenvalue weighted by Gasteiger charge is 2.35. The quantitative estimate of drug-likeness (QED) is 0.725. The first-order valence-corrected chi connectivity index (χ1v) is 10.9. The number of carbonyl (C=O) groups excluding carboxylic acids is 1. The number of hydrogen-bond donors (Lipinski definition) is 0. The lowest BCUT2D eigenvalue weighted by Gasteiger charge is -2.27. The summed E-state index contributed by atoms with van der Waals surface area (Å²) in [5, 5.41) is 0. The van der Waals surface area contributed by atoms with Crippen LogP contribution in [0.5, 0.6) is 5.75 Å². The van der Waals surface area contributed by atoms with Gasteiger partial charge in [0.05, 0.1) is 24.3 Å². The number of benzene rings is 1. The van der Waals surface area contributed by atoms with Crippen LogP contribution in [0.15, 0.2) is 47.1 Å². The number of hydrogen-bond acceptors (Lipinski definition) is 5. The molecular formula is C20H25NO5S. The van der Waals surface area contributed by atoms with Gasteiger partial charge in [0, 0.05) is 6.04 Å². The molecule has 1 saturated heterocycles. The number of ether oxygens (including phenoxy) is 1. The summed E-state index contributed by atoms with van der Waals surface area (Å²) in [4.78, 5) is 14.3. The van der Waals surface area contributed by atoms with Gasteiger partial charge >= 0.3 is 0 Å². The van der Waals surface area contributed by atoms with Crippen molar-refractivity contribution in [2.75, 3.05) is 18.1 Å². The summed E-state index contributed by atoms with van der Waals surface area (Å²) in [5.41, 5.74) is 1.20. The second-order valence-electron chi connectivity index (χ2n) is 7.17. The van der Waals surface area contributed by atoms with E-state index in [2.05, 4.69) is 13.8 Å². The van der Waals surface area contributed by atoms with E-state index in [1.165, 1.54) is 11.8 Å². The SMILES string of the molecule is CC(C)c1ccc(OCC(=O)N(Cc2ccco2)[C@H]2CCS(=O)(=O)C2)cc1. The van der Waals surface area contributed by atoms with Crippen LogP contribution in [-0.2, 0) is 21.2 Å². The van der Waals surface area contributed by atoms with Gasteiger partial charge in [-0.3, -0.25) is 4.79 Å². The minimum atomic E-state index is -3.10. The Morgan fingerprint density at radius 1 is 1.26 bits per heavy atom. The maximum absolute atomic E-state index is 12.8. The van der Waals surface area contributed by atoms with Crippen LogP contribution < -0.4 is 4.74 Å². The van der Waals surface area contributed by atoms with Crippen molar-refractivity contribution >= 4 is 15.7 Å². The minimum Gasteiger partial charge on any atom is -0.484 e. The molecule has 0 bridgehead atoms. The number of sulfone groups is 1. The van der Waals surface area contributed by atoms with Gasteiger partial charge in [-0.15, -0.1) is 0 Å². The van der Waals surface area contributed by atoms with Crippen molar-refractivity contribution in [1.29, 1.82) is 0 Å². The molecule has 27 heavy (non-hydrogen) atoms. The van der Waals surface area contributed by atoms with Gasteiger partial charge in [0.2, 0.25) is 0 Å². The van der Waals surface area contributed by atoms with E-state index < -0.39 is 9.84 Å². The zero-order valence-corrected chi connectivity index (χ0v) is 16.4. The molecule has 0 spiro atoms. The Bertz CT molecular complexity index is 856. The topological polar surface area (TPSA) is 76.8 Å². The molecule has 0 unspecified atom stereocenters. The summed E-state index contributed by atoms with van der Waals surface area (Å²) in [7, 11) is -3.10. The largest absolute Gasteiger partial charge is 0.484 e. The Morgan fingerprint density at radius 3 is 2.56 bits per heavy atom. The molecule has 0 aliphatic carbocycles. The fraction of sp³-hybridized carbons (Fsp3) is 0.450. The summed E-state index contributed by atoms with van der Waals surface area (Å²) in [6, 6.07) is 10.8. The van der Waals surface area contributed by atoms with Gasteiger partial charge in [-0.2, -0.15) is 0 Å². The van der Waals surface area contributed by atoms with Gasteiger partial charge in [-0.25, -0.2) is 8.42 Å². The molecule has 0 saturated carbocycles. The maximum atomic E-state index is 12.8. The molecule has 0 N–H and O–H groups in total. The van der Waals surface area contributed by atoms with Crippen LogP contribution >= 0.6 is 0 Å². The van der Waals surface area contributed by atoms with Crippen LogP contribution in [-0.4, -0.2) is 43.4 Å². The van der Waals surface area contributed by atoms with E-state index in [1.54, 1.807) is 17.0 Å². The average molecular weight is 391 g/mol. The molecule has 2 heterocycles. The molecule has 3 rings (SSSR count). The highest BCUT2D eigenvalue weighted by Crippen LogP contribution is 2.22. The molecule has 1 fully saturated rings. The van der Waals surface area contributed by atoms with Crippen LogP contribution in [0.1, 0.15) is 37.5 Å². The standard InChI is InChI=1S/C20H25NO5S/c1-15(2)16-5-7-18(8-6-16)26-13-20(22)21(12-19-4-3-10-25-19)17-9-11-27(23,24)14-17/h3-8,10,15,17H,9,11-14H2,1-2H3/t17-/m0/s1. The van der Waals surface area contributed by atoms with Crippen molar-refractivity contribution in [3.63, 3.8) is 0 Å². The van der Waals surface area contributed by atoms with E-state index >= 15 is 0 Å². The third-order valence-electron chi connectivity index (χ3n) is 4.78. The van der Waals surface area contributed by atoms with Gasteiger partial charge < -0.3 is 14.1 Å². The van der Waals surface area contributed by atoms with Gasteiger partial charge in [-0.05, 0) is 42.2 Å². The number of furan rings is 1. The number of nitrogens with zero attached hydrogens (tertiary/aromatic N) is 1. The zero-order chi connectivity index (χ0) is 19.4. The lowest BCUT2D eigenvalue weighted by Crippen LogP contribution is -2.43. The Balaban J connectivity index is 1.67. The molecule has 1 aliphatic rings. The lowest BCUT2D eigenvalue weighted by atomic mass is 10.0. The molecule has 1 amide bonds. The van der Waals surface area contributed by atoms with E-state index in [-0.39, 0.29) is 36.6 Å². The number of rotatable bonds is 7. The highest BCUT2D eigenvalue weighted by molar-refractivity contribution is 7.91. The first kappa shape index (κ1) is 19.5. The molecule has 6 nitrogen and oxygen atoms in total. The predicted molar refractivity (Wildman–Crippen MR) is 102 cm³/mol. The van der Waals surface area contributed by atoms with Gasteiger partial charge in [-0.1, -0.05) is 26.0 Å². The molecule has 2 aromatic rings. The first-order valence-electron chi connectivity index (χ1n) is 9.09. The fourth-order valence-corrected chi connectivity index (χ4v) is 4.92. The van der Waals surface area contributed by atoms with Crippen molar-refractivity contribution in [2.45, 2.75) is 38.8 Å². The molecule has 1 aliphatic heterocycles. The summed E-state index contributed by atoms with van der Waals surface area (Å²) in [6.45, 7) is 4.32. The van der Waals surface area contributed by atoms with Crippen molar-refractivity contribution < 1.29 is 22.4 Å². The Labute approximate surface area is 160 Å². The third-order valence-corrected chi connectivity index (χ3v) is 6.54. The Hall–Kier alpha value is -2.28. The fourth-order valence-electron chi connectivity index (χ4n) is 3.19. The van der Waals surface area contributed by atoms with E-state index in [0.29, 0.717) is 23.8 Å². The van der Waals surface area contributed by atoms with Gasteiger partial charge in [0.25, 0.3) is 5.91 Å². The van der Waals surface area contributed by atoms with Gasteiger partial charge in [0.1, 0.15) is 11.5 Å². The Kier molecular flexibility index (Phi) is 5.89. The van der Waals surface area contributed by atoms with E-state index in [1.807, 2.05) is 24.3 Å². The summed E-state index contributed by atoms with van der Waals surface area (Å²) in [6.07, 6.45) is 1.98. The monoisotopic (exact) mass is 391 g/mol. The second-order valence-corrected chi connectivity index (χ2v) is 9.40. The highest BCUT2D eigenvalue weighted by atomic mass is 32.2. The smallest absolute Gasteiger partial charge is 0.261 e. The maximum Gasteiger partial charge on any atom is 0.261 e. The summed E-state index contributed by atoms with van der Waals surface area (Å²) < 4.78 is 34.7. The molecule has 7 heteroatoms. The molecule has 1 aromatic heterocycles. The van der Waals surface area contributed by atoms with E-state index in [0.717, 1.165) is 0 Å². The van der Waals surface area contributed by atoms with Crippen molar-refractivity contribution in [3.05, 3.63) is 54.0 Å². The molecule has 1 aromatic carbocycles. The van der Waals surface area contributed by atoms with Crippen LogP contribution in [0.4, 0.5) is 0 Å².